The molecular weight excluding hydrogens is 386 g/mol. The van der Waals surface area contributed by atoms with Crippen LogP contribution < -0.4 is 5.32 Å². The van der Waals surface area contributed by atoms with E-state index in [1.807, 2.05) is 30.3 Å². The topological polar surface area (TPSA) is 49.4 Å². The average molecular weight is 404 g/mol. The smallest absolute Gasteiger partial charge is 0.247 e. The average Bonchev–Trinajstić information content (AvgIpc) is 2.89. The Morgan fingerprint density at radius 1 is 0.967 bits per heavy atom. The lowest BCUT2D eigenvalue weighted by molar-refractivity contribution is -0.131. The van der Waals surface area contributed by atoms with Gasteiger partial charge >= 0.3 is 0 Å². The summed E-state index contributed by atoms with van der Waals surface area (Å²) >= 11 is 0. The van der Waals surface area contributed by atoms with Gasteiger partial charge in [0.2, 0.25) is 11.8 Å². The van der Waals surface area contributed by atoms with Gasteiger partial charge in [0.15, 0.2) is 0 Å². The predicted molar refractivity (Wildman–Crippen MR) is 110 cm³/mol. The molecule has 0 saturated heterocycles. The number of halogens is 2. The van der Waals surface area contributed by atoms with Crippen LogP contribution in [0.4, 0.5) is 14.5 Å². The Kier molecular flexibility index (Phi) is 5.39. The highest BCUT2D eigenvalue weighted by atomic mass is 19.1. The van der Waals surface area contributed by atoms with Gasteiger partial charge in [-0.2, -0.15) is 0 Å². The van der Waals surface area contributed by atoms with Crippen molar-refractivity contribution in [1.82, 2.24) is 4.90 Å². The van der Waals surface area contributed by atoms with Crippen LogP contribution in [0.15, 0.2) is 78.9 Å². The summed E-state index contributed by atoms with van der Waals surface area (Å²) in [5, 5.41) is 2.72. The molecule has 4 nitrogen and oxygen atoms in total. The Morgan fingerprint density at radius 3 is 2.40 bits per heavy atom. The Bertz CT molecular complexity index is 1110. The summed E-state index contributed by atoms with van der Waals surface area (Å²) in [6, 6.07) is 18.1. The summed E-state index contributed by atoms with van der Waals surface area (Å²) in [5.41, 5.74) is 2.24. The number of amides is 2. The zero-order valence-corrected chi connectivity index (χ0v) is 15.9. The fraction of sp³-hybridized carbons (Fsp3) is 0.0833. The molecule has 30 heavy (non-hydrogen) atoms. The molecule has 0 saturated carbocycles. The van der Waals surface area contributed by atoms with Crippen molar-refractivity contribution in [1.29, 1.82) is 0 Å². The molecule has 0 bridgehead atoms. The van der Waals surface area contributed by atoms with Crippen LogP contribution in [0, 0.1) is 11.6 Å². The maximum atomic E-state index is 14.1. The highest BCUT2D eigenvalue weighted by Crippen LogP contribution is 2.36. The number of hydrogen-bond acceptors (Lipinski definition) is 2. The second-order valence-electron chi connectivity index (χ2n) is 6.94. The minimum absolute atomic E-state index is 0.226. The van der Waals surface area contributed by atoms with Crippen LogP contribution in [0.25, 0.3) is 6.08 Å². The second kappa shape index (κ2) is 8.29. The number of carbonyl (C=O) groups is 2. The zero-order valence-electron chi connectivity index (χ0n) is 15.9. The summed E-state index contributed by atoms with van der Waals surface area (Å²) in [5.74, 6) is -1.73. The Morgan fingerprint density at radius 2 is 1.67 bits per heavy atom. The molecule has 1 atom stereocenters. The van der Waals surface area contributed by atoms with Crippen molar-refractivity contribution in [2.75, 3.05) is 11.9 Å². The fourth-order valence-electron chi connectivity index (χ4n) is 3.51. The van der Waals surface area contributed by atoms with E-state index in [0.29, 0.717) is 16.8 Å². The van der Waals surface area contributed by atoms with E-state index in [1.54, 1.807) is 6.08 Å². The van der Waals surface area contributed by atoms with E-state index in [1.165, 1.54) is 53.4 Å². The number of rotatable bonds is 3. The molecule has 0 fully saturated rings. The highest BCUT2D eigenvalue weighted by Gasteiger charge is 2.32. The largest absolute Gasteiger partial charge is 0.324 e. The molecule has 0 radical (unpaired) electrons. The first kappa shape index (κ1) is 19.5. The molecule has 150 valence electrons. The quantitative estimate of drug-likeness (QED) is 0.651. The third-order valence-corrected chi connectivity index (χ3v) is 4.89. The van der Waals surface area contributed by atoms with Crippen LogP contribution in [-0.4, -0.2) is 23.3 Å². The van der Waals surface area contributed by atoms with Crippen molar-refractivity contribution in [2.24, 2.45) is 0 Å². The van der Waals surface area contributed by atoms with Crippen LogP contribution in [0.2, 0.25) is 0 Å². The van der Waals surface area contributed by atoms with Gasteiger partial charge in [-0.25, -0.2) is 8.78 Å². The second-order valence-corrected chi connectivity index (χ2v) is 6.94. The monoisotopic (exact) mass is 404 g/mol. The minimum atomic E-state index is -0.761. The summed E-state index contributed by atoms with van der Waals surface area (Å²) in [6.45, 7) is -0.226. The van der Waals surface area contributed by atoms with E-state index in [4.69, 9.17) is 0 Å². The van der Waals surface area contributed by atoms with Gasteiger partial charge in [0.1, 0.15) is 18.2 Å². The van der Waals surface area contributed by atoms with E-state index >= 15 is 0 Å². The summed E-state index contributed by atoms with van der Waals surface area (Å²) in [4.78, 5) is 26.9. The van der Waals surface area contributed by atoms with Crippen molar-refractivity contribution < 1.29 is 18.4 Å². The van der Waals surface area contributed by atoms with Crippen molar-refractivity contribution >= 4 is 23.6 Å². The standard InChI is InChI=1S/C24H18F2N2O2/c25-18-9-7-17(8-10-18)24-20-14-19(26)11-12-21(20)27-22(29)15-28(24)23(30)13-6-16-4-2-1-3-5-16/h1-14,24H,15H2,(H,27,29)/t24-/m0/s1. The van der Waals surface area contributed by atoms with Gasteiger partial charge in [0.25, 0.3) is 0 Å². The first-order valence-electron chi connectivity index (χ1n) is 9.40. The fourth-order valence-corrected chi connectivity index (χ4v) is 3.51. The van der Waals surface area contributed by atoms with Gasteiger partial charge in [-0.1, -0.05) is 42.5 Å². The lowest BCUT2D eigenvalue weighted by Gasteiger charge is -2.29. The molecule has 1 N–H and O–H groups in total. The number of anilines is 1. The molecule has 6 heteroatoms. The first-order chi connectivity index (χ1) is 14.5. The number of benzene rings is 3. The van der Waals surface area contributed by atoms with Crippen molar-refractivity contribution in [2.45, 2.75) is 6.04 Å². The number of nitrogens with one attached hydrogen (secondary N) is 1. The maximum absolute atomic E-state index is 14.1. The molecule has 1 heterocycles. The summed E-state index contributed by atoms with van der Waals surface area (Å²) in [6.07, 6.45) is 3.03. The first-order valence-corrected chi connectivity index (χ1v) is 9.40. The van der Waals surface area contributed by atoms with E-state index in [2.05, 4.69) is 5.32 Å². The number of carbonyl (C=O) groups excluding carboxylic acids is 2. The van der Waals surface area contributed by atoms with Gasteiger partial charge in [0, 0.05) is 17.3 Å². The molecule has 0 spiro atoms. The van der Waals surface area contributed by atoms with Crippen molar-refractivity contribution in [3.63, 3.8) is 0 Å². The van der Waals surface area contributed by atoms with Crippen LogP contribution in [-0.2, 0) is 9.59 Å². The summed E-state index contributed by atoms with van der Waals surface area (Å²) < 4.78 is 27.6. The zero-order chi connectivity index (χ0) is 21.1. The normalized spacial score (nSPS) is 16.1. The maximum Gasteiger partial charge on any atom is 0.247 e. The Hall–Kier alpha value is -3.80. The van der Waals surface area contributed by atoms with Crippen molar-refractivity contribution in [3.05, 3.63) is 107 Å². The SMILES string of the molecule is O=C1CN(C(=O)C=Cc2ccccc2)[C@@H](c2ccc(F)cc2)c2cc(F)ccc2N1. The molecule has 3 aromatic carbocycles. The third-order valence-electron chi connectivity index (χ3n) is 4.89. The Labute approximate surface area is 172 Å². The molecule has 1 aliphatic heterocycles. The van der Waals surface area contributed by atoms with Crippen LogP contribution >= 0.6 is 0 Å². The Balaban J connectivity index is 1.79. The van der Waals surface area contributed by atoms with Gasteiger partial charge < -0.3 is 10.2 Å². The summed E-state index contributed by atoms with van der Waals surface area (Å²) in [7, 11) is 0. The molecule has 0 aromatic heterocycles. The lowest BCUT2D eigenvalue weighted by Crippen LogP contribution is -2.38. The molecule has 0 unspecified atom stereocenters. The highest BCUT2D eigenvalue weighted by molar-refractivity contribution is 6.00. The van der Waals surface area contributed by atoms with Crippen molar-refractivity contribution in [3.8, 4) is 0 Å². The van der Waals surface area contributed by atoms with E-state index in [-0.39, 0.29) is 6.54 Å². The lowest BCUT2D eigenvalue weighted by atomic mass is 9.95. The molecule has 4 rings (SSSR count). The predicted octanol–water partition coefficient (Wildman–Crippen LogP) is 4.55. The number of fused-ring (bicyclic) bond motifs is 1. The molecule has 2 amide bonds. The molecule has 3 aromatic rings. The van der Waals surface area contributed by atoms with Gasteiger partial charge in [-0.05, 0) is 47.5 Å². The van der Waals surface area contributed by atoms with E-state index in [9.17, 15) is 18.4 Å². The van der Waals surface area contributed by atoms with E-state index < -0.39 is 29.5 Å². The molecular formula is C24H18F2N2O2. The number of hydrogen-bond donors (Lipinski definition) is 1. The minimum Gasteiger partial charge on any atom is -0.324 e. The van der Waals surface area contributed by atoms with Crippen LogP contribution in [0.1, 0.15) is 22.7 Å². The molecule has 0 aliphatic carbocycles. The number of nitrogens with zero attached hydrogens (tertiary/aromatic N) is 1. The van der Waals surface area contributed by atoms with Gasteiger partial charge in [-0.3, -0.25) is 9.59 Å². The van der Waals surface area contributed by atoms with Gasteiger partial charge in [-0.15, -0.1) is 0 Å². The van der Waals surface area contributed by atoms with Crippen LogP contribution in [0.3, 0.4) is 0 Å². The van der Waals surface area contributed by atoms with Crippen LogP contribution in [0.5, 0.6) is 0 Å². The van der Waals surface area contributed by atoms with E-state index in [0.717, 1.165) is 5.56 Å². The van der Waals surface area contributed by atoms with Gasteiger partial charge in [0.05, 0.1) is 6.04 Å². The molecule has 1 aliphatic rings. The third kappa shape index (κ3) is 4.12.